The van der Waals surface area contributed by atoms with Crippen molar-refractivity contribution >= 4 is 5.91 Å². The van der Waals surface area contributed by atoms with Gasteiger partial charge in [-0.15, -0.1) is 0 Å². The highest BCUT2D eigenvalue weighted by Gasteiger charge is 2.35. The second-order valence-electron chi connectivity index (χ2n) is 5.83. The molecule has 120 valence electrons. The number of nitrogens with zero attached hydrogens (tertiary/aromatic N) is 2. The first kappa shape index (κ1) is 15.5. The van der Waals surface area contributed by atoms with Gasteiger partial charge in [-0.3, -0.25) is 9.78 Å². The normalized spacial score (nSPS) is 16.8. The minimum atomic E-state index is -0.892. The highest BCUT2D eigenvalue weighted by atomic mass is 16.5. The number of amides is 1. The van der Waals surface area contributed by atoms with Crippen molar-refractivity contribution in [1.82, 2.24) is 9.88 Å². The van der Waals surface area contributed by atoms with Gasteiger partial charge in [0, 0.05) is 19.3 Å². The van der Waals surface area contributed by atoms with Crippen LogP contribution in [0.25, 0.3) is 0 Å². The van der Waals surface area contributed by atoms with Gasteiger partial charge in [-0.1, -0.05) is 24.3 Å². The number of carbonyl (C=O) groups excluding carboxylic acids is 1. The minimum absolute atomic E-state index is 0.0865. The molecule has 1 amide bonds. The molecule has 3 rings (SSSR count). The fourth-order valence-corrected chi connectivity index (χ4v) is 2.66. The second kappa shape index (κ2) is 6.79. The van der Waals surface area contributed by atoms with Gasteiger partial charge < -0.3 is 14.7 Å². The Balaban J connectivity index is 1.54. The minimum Gasteiger partial charge on any atom is -0.491 e. The van der Waals surface area contributed by atoms with Crippen LogP contribution in [-0.2, 0) is 0 Å². The van der Waals surface area contributed by atoms with Crippen molar-refractivity contribution in [1.29, 1.82) is 0 Å². The number of para-hydroxylation sites is 1. The molecule has 0 aliphatic carbocycles. The molecule has 0 unspecified atom stereocenters. The van der Waals surface area contributed by atoms with E-state index in [2.05, 4.69) is 4.98 Å². The van der Waals surface area contributed by atoms with Gasteiger partial charge in [0.05, 0.1) is 0 Å². The number of aromatic nitrogens is 1. The van der Waals surface area contributed by atoms with Crippen LogP contribution in [0.1, 0.15) is 23.3 Å². The maximum atomic E-state index is 12.3. The number of likely N-dealkylation sites (tertiary alicyclic amines) is 1. The highest BCUT2D eigenvalue weighted by Crippen LogP contribution is 2.24. The molecule has 0 saturated carbocycles. The molecule has 5 nitrogen and oxygen atoms in total. The van der Waals surface area contributed by atoms with E-state index in [9.17, 15) is 9.90 Å². The molecule has 1 N–H and O–H groups in total. The lowest BCUT2D eigenvalue weighted by Gasteiger charge is -2.37. The first-order valence-corrected chi connectivity index (χ1v) is 7.77. The Morgan fingerprint density at radius 3 is 2.48 bits per heavy atom. The van der Waals surface area contributed by atoms with Crippen LogP contribution in [0, 0.1) is 0 Å². The van der Waals surface area contributed by atoms with E-state index in [0.29, 0.717) is 31.6 Å². The van der Waals surface area contributed by atoms with E-state index in [0.717, 1.165) is 5.75 Å². The zero-order chi connectivity index (χ0) is 16.1. The molecule has 0 bridgehead atoms. The molecule has 2 aromatic rings. The lowest BCUT2D eigenvalue weighted by atomic mass is 9.92. The Labute approximate surface area is 135 Å². The van der Waals surface area contributed by atoms with Crippen molar-refractivity contribution in [2.75, 3.05) is 19.7 Å². The van der Waals surface area contributed by atoms with Gasteiger partial charge in [0.25, 0.3) is 5.91 Å². The van der Waals surface area contributed by atoms with Gasteiger partial charge in [0.2, 0.25) is 0 Å². The number of hydrogen-bond acceptors (Lipinski definition) is 4. The predicted octanol–water partition coefficient (Wildman–Crippen LogP) is 2.13. The first-order valence-electron chi connectivity index (χ1n) is 7.77. The van der Waals surface area contributed by atoms with Crippen LogP contribution in [0.15, 0.2) is 54.7 Å². The van der Waals surface area contributed by atoms with E-state index in [1.807, 2.05) is 30.3 Å². The van der Waals surface area contributed by atoms with E-state index < -0.39 is 5.60 Å². The van der Waals surface area contributed by atoms with Crippen molar-refractivity contribution in [3.8, 4) is 5.75 Å². The molecule has 1 aliphatic rings. The van der Waals surface area contributed by atoms with Crippen LogP contribution in [0.4, 0.5) is 0 Å². The predicted molar refractivity (Wildman–Crippen MR) is 86.3 cm³/mol. The van der Waals surface area contributed by atoms with Crippen LogP contribution in [-0.4, -0.2) is 46.2 Å². The third kappa shape index (κ3) is 3.87. The third-order valence-corrected chi connectivity index (χ3v) is 4.12. The molecular formula is C18H20N2O3. The third-order valence-electron chi connectivity index (χ3n) is 4.12. The summed E-state index contributed by atoms with van der Waals surface area (Å²) in [5, 5.41) is 10.6. The molecule has 1 aliphatic heterocycles. The summed E-state index contributed by atoms with van der Waals surface area (Å²) in [7, 11) is 0. The van der Waals surface area contributed by atoms with Gasteiger partial charge in [0.1, 0.15) is 23.7 Å². The van der Waals surface area contributed by atoms with Gasteiger partial charge in [-0.25, -0.2) is 0 Å². The SMILES string of the molecule is O=C(c1ccccn1)N1CCC(O)(COc2ccccc2)CC1. The first-order chi connectivity index (χ1) is 11.2. The molecule has 1 aromatic heterocycles. The average Bonchev–Trinajstić information content (AvgIpc) is 2.62. The molecule has 0 spiro atoms. The molecule has 0 atom stereocenters. The Hall–Kier alpha value is -2.40. The van der Waals surface area contributed by atoms with Crippen molar-refractivity contribution in [3.63, 3.8) is 0 Å². The monoisotopic (exact) mass is 312 g/mol. The van der Waals surface area contributed by atoms with Crippen LogP contribution < -0.4 is 4.74 Å². The molecule has 1 aromatic carbocycles. The number of benzene rings is 1. The summed E-state index contributed by atoms with van der Waals surface area (Å²) in [6, 6.07) is 14.7. The van der Waals surface area contributed by atoms with Crippen LogP contribution in [0.5, 0.6) is 5.75 Å². The zero-order valence-electron chi connectivity index (χ0n) is 12.9. The number of hydrogen-bond donors (Lipinski definition) is 1. The summed E-state index contributed by atoms with van der Waals surface area (Å²) in [6.07, 6.45) is 2.61. The number of piperidine rings is 1. The van der Waals surface area contributed by atoms with E-state index in [4.69, 9.17) is 4.74 Å². The number of pyridine rings is 1. The summed E-state index contributed by atoms with van der Waals surface area (Å²) in [6.45, 7) is 1.25. The van der Waals surface area contributed by atoms with E-state index in [1.54, 1.807) is 29.3 Å². The highest BCUT2D eigenvalue weighted by molar-refractivity contribution is 5.92. The Morgan fingerprint density at radius 2 is 1.83 bits per heavy atom. The fraction of sp³-hybridized carbons (Fsp3) is 0.333. The van der Waals surface area contributed by atoms with Gasteiger partial charge in [-0.2, -0.15) is 0 Å². The number of carbonyl (C=O) groups is 1. The number of ether oxygens (including phenoxy) is 1. The lowest BCUT2D eigenvalue weighted by molar-refractivity contribution is -0.0476. The van der Waals surface area contributed by atoms with Gasteiger partial charge in [-0.05, 0) is 37.1 Å². The summed E-state index contributed by atoms with van der Waals surface area (Å²) in [4.78, 5) is 18.2. The second-order valence-corrected chi connectivity index (χ2v) is 5.83. The number of rotatable bonds is 4. The Morgan fingerprint density at radius 1 is 1.13 bits per heavy atom. The van der Waals surface area contributed by atoms with Gasteiger partial charge in [0.15, 0.2) is 0 Å². The largest absolute Gasteiger partial charge is 0.491 e. The molecule has 5 heteroatoms. The van der Waals surface area contributed by atoms with Crippen LogP contribution in [0.3, 0.4) is 0 Å². The molecule has 2 heterocycles. The average molecular weight is 312 g/mol. The maximum Gasteiger partial charge on any atom is 0.272 e. The zero-order valence-corrected chi connectivity index (χ0v) is 12.9. The molecular weight excluding hydrogens is 292 g/mol. The fourth-order valence-electron chi connectivity index (χ4n) is 2.66. The number of aliphatic hydroxyl groups is 1. The molecule has 1 fully saturated rings. The van der Waals surface area contributed by atoms with Crippen molar-refractivity contribution < 1.29 is 14.6 Å². The van der Waals surface area contributed by atoms with Crippen molar-refractivity contribution in [2.45, 2.75) is 18.4 Å². The molecule has 23 heavy (non-hydrogen) atoms. The van der Waals surface area contributed by atoms with Crippen LogP contribution >= 0.6 is 0 Å². The summed E-state index contributed by atoms with van der Waals surface area (Å²) < 4.78 is 5.66. The van der Waals surface area contributed by atoms with Crippen molar-refractivity contribution in [2.24, 2.45) is 0 Å². The maximum absolute atomic E-state index is 12.3. The quantitative estimate of drug-likeness (QED) is 0.939. The molecule has 0 radical (unpaired) electrons. The van der Waals surface area contributed by atoms with Crippen molar-refractivity contribution in [3.05, 3.63) is 60.4 Å². The standard InChI is InChI=1S/C18H20N2O3/c21-17(16-8-4-5-11-19-16)20-12-9-18(22,10-13-20)14-23-15-6-2-1-3-7-15/h1-8,11,22H,9-10,12-14H2. The summed E-state index contributed by atoms with van der Waals surface area (Å²) >= 11 is 0. The van der Waals surface area contributed by atoms with Crippen LogP contribution in [0.2, 0.25) is 0 Å². The Kier molecular flexibility index (Phi) is 4.57. The summed E-state index contributed by atoms with van der Waals surface area (Å²) in [5.41, 5.74) is -0.449. The lowest BCUT2D eigenvalue weighted by Crippen LogP contribution is -2.49. The smallest absolute Gasteiger partial charge is 0.272 e. The van der Waals surface area contributed by atoms with E-state index >= 15 is 0 Å². The van der Waals surface area contributed by atoms with Gasteiger partial charge >= 0.3 is 0 Å². The Bertz CT molecular complexity index is 638. The molecule has 1 saturated heterocycles. The van der Waals surface area contributed by atoms with E-state index in [-0.39, 0.29) is 12.5 Å². The van der Waals surface area contributed by atoms with E-state index in [1.165, 1.54) is 0 Å². The topological polar surface area (TPSA) is 62.7 Å². The summed E-state index contributed by atoms with van der Waals surface area (Å²) in [5.74, 6) is 0.657.